The van der Waals surface area contributed by atoms with Crippen LogP contribution in [0.1, 0.15) is 18.0 Å². The Labute approximate surface area is 94.7 Å². The Morgan fingerprint density at radius 1 is 1.44 bits per heavy atom. The van der Waals surface area contributed by atoms with Crippen molar-refractivity contribution in [2.24, 2.45) is 5.73 Å². The molecule has 0 saturated carbocycles. The van der Waals surface area contributed by atoms with Crippen molar-refractivity contribution in [1.29, 1.82) is 0 Å². The van der Waals surface area contributed by atoms with Crippen LogP contribution < -0.4 is 5.73 Å². The summed E-state index contributed by atoms with van der Waals surface area (Å²) in [5.74, 6) is -0.109. The standard InChI is InChI=1S/C12H16N2O2/c13-11(9-4-2-1-3-5-9)12(16)14-7-6-10(15)8-14/h1-5,10-11,15H,6-8,13H2/t10-,11?/m1/s1. The van der Waals surface area contributed by atoms with Gasteiger partial charge in [-0.15, -0.1) is 0 Å². The number of amides is 1. The van der Waals surface area contributed by atoms with E-state index in [1.807, 2.05) is 30.3 Å². The molecule has 1 fully saturated rings. The topological polar surface area (TPSA) is 66.6 Å². The zero-order chi connectivity index (χ0) is 11.5. The predicted molar refractivity (Wildman–Crippen MR) is 60.6 cm³/mol. The van der Waals surface area contributed by atoms with Gasteiger partial charge in [0.15, 0.2) is 0 Å². The number of benzene rings is 1. The van der Waals surface area contributed by atoms with Gasteiger partial charge in [0.25, 0.3) is 0 Å². The molecule has 1 heterocycles. The van der Waals surface area contributed by atoms with Gasteiger partial charge < -0.3 is 15.7 Å². The van der Waals surface area contributed by atoms with Gasteiger partial charge in [-0.25, -0.2) is 0 Å². The third-order valence-electron chi connectivity index (χ3n) is 2.90. The van der Waals surface area contributed by atoms with E-state index in [2.05, 4.69) is 0 Å². The third kappa shape index (κ3) is 2.23. The molecule has 1 aliphatic rings. The third-order valence-corrected chi connectivity index (χ3v) is 2.90. The zero-order valence-corrected chi connectivity index (χ0v) is 9.04. The van der Waals surface area contributed by atoms with Crippen LogP contribution in [-0.2, 0) is 4.79 Å². The number of hydrogen-bond donors (Lipinski definition) is 2. The van der Waals surface area contributed by atoms with Crippen LogP contribution in [0.25, 0.3) is 0 Å². The summed E-state index contributed by atoms with van der Waals surface area (Å²) in [5, 5.41) is 9.37. The lowest BCUT2D eigenvalue weighted by atomic mass is 10.1. The summed E-state index contributed by atoms with van der Waals surface area (Å²) in [6.07, 6.45) is 0.250. The number of carbonyl (C=O) groups is 1. The first kappa shape index (κ1) is 11.1. The van der Waals surface area contributed by atoms with E-state index < -0.39 is 12.1 Å². The van der Waals surface area contributed by atoms with Crippen LogP contribution in [-0.4, -0.2) is 35.1 Å². The Balaban J connectivity index is 2.05. The summed E-state index contributed by atoms with van der Waals surface area (Å²) < 4.78 is 0. The van der Waals surface area contributed by atoms with Gasteiger partial charge in [-0.2, -0.15) is 0 Å². The molecule has 0 aromatic heterocycles. The largest absolute Gasteiger partial charge is 0.391 e. The summed E-state index contributed by atoms with van der Waals surface area (Å²) >= 11 is 0. The molecule has 1 aromatic rings. The van der Waals surface area contributed by atoms with Gasteiger partial charge in [0.1, 0.15) is 6.04 Å². The van der Waals surface area contributed by atoms with E-state index in [0.717, 1.165) is 5.56 Å². The lowest BCUT2D eigenvalue weighted by Gasteiger charge is -2.20. The van der Waals surface area contributed by atoms with Gasteiger partial charge in [0.05, 0.1) is 6.10 Å². The van der Waals surface area contributed by atoms with Crippen molar-refractivity contribution < 1.29 is 9.90 Å². The summed E-state index contributed by atoms with van der Waals surface area (Å²) in [4.78, 5) is 13.6. The first-order valence-electron chi connectivity index (χ1n) is 5.46. The second kappa shape index (κ2) is 4.63. The molecule has 86 valence electrons. The Kier molecular flexibility index (Phi) is 3.22. The lowest BCUT2D eigenvalue weighted by Crippen LogP contribution is -2.37. The first-order chi connectivity index (χ1) is 7.68. The van der Waals surface area contributed by atoms with E-state index in [9.17, 15) is 9.90 Å². The number of likely N-dealkylation sites (tertiary alicyclic amines) is 1. The summed E-state index contributed by atoms with van der Waals surface area (Å²) in [6.45, 7) is 1.000. The van der Waals surface area contributed by atoms with E-state index in [0.29, 0.717) is 19.5 Å². The Morgan fingerprint density at radius 2 is 2.12 bits per heavy atom. The molecule has 1 aromatic carbocycles. The molecule has 1 saturated heterocycles. The summed E-state index contributed by atoms with van der Waals surface area (Å²) in [7, 11) is 0. The van der Waals surface area contributed by atoms with Crippen LogP contribution in [0.15, 0.2) is 30.3 Å². The number of rotatable bonds is 2. The second-order valence-electron chi connectivity index (χ2n) is 4.12. The molecular formula is C12H16N2O2. The van der Waals surface area contributed by atoms with E-state index in [4.69, 9.17) is 5.73 Å². The number of nitrogens with two attached hydrogens (primary N) is 1. The monoisotopic (exact) mass is 220 g/mol. The molecule has 0 bridgehead atoms. The maximum atomic E-state index is 12.0. The van der Waals surface area contributed by atoms with Crippen LogP contribution in [0.4, 0.5) is 0 Å². The quantitative estimate of drug-likeness (QED) is 0.752. The Morgan fingerprint density at radius 3 is 2.69 bits per heavy atom. The minimum absolute atomic E-state index is 0.109. The lowest BCUT2D eigenvalue weighted by molar-refractivity contribution is -0.132. The van der Waals surface area contributed by atoms with Gasteiger partial charge in [0, 0.05) is 13.1 Å². The summed E-state index contributed by atoms with van der Waals surface area (Å²) in [6, 6.07) is 8.68. The molecule has 16 heavy (non-hydrogen) atoms. The maximum Gasteiger partial charge on any atom is 0.244 e. The number of β-amino-alcohol motifs (C(OH)–C–C–N with tert-alkyl or cyclic N) is 1. The summed E-state index contributed by atoms with van der Waals surface area (Å²) in [5.41, 5.74) is 6.70. The number of carbonyl (C=O) groups excluding carboxylic acids is 1. The SMILES string of the molecule is NC(C(=O)N1CC[C@@H](O)C1)c1ccccc1. The molecule has 0 spiro atoms. The van der Waals surface area contributed by atoms with E-state index in [1.165, 1.54) is 0 Å². The number of hydrogen-bond acceptors (Lipinski definition) is 3. The molecule has 4 nitrogen and oxygen atoms in total. The van der Waals surface area contributed by atoms with Gasteiger partial charge in [0.2, 0.25) is 5.91 Å². The molecule has 4 heteroatoms. The van der Waals surface area contributed by atoms with Crippen molar-refractivity contribution in [3.8, 4) is 0 Å². The van der Waals surface area contributed by atoms with E-state index in [-0.39, 0.29) is 5.91 Å². The van der Waals surface area contributed by atoms with Crippen molar-refractivity contribution in [1.82, 2.24) is 4.90 Å². The van der Waals surface area contributed by atoms with Crippen molar-refractivity contribution in [3.63, 3.8) is 0 Å². The van der Waals surface area contributed by atoms with Gasteiger partial charge >= 0.3 is 0 Å². The van der Waals surface area contributed by atoms with Gasteiger partial charge in [-0.1, -0.05) is 30.3 Å². The number of nitrogens with zero attached hydrogens (tertiary/aromatic N) is 1. The van der Waals surface area contributed by atoms with Crippen LogP contribution in [0.2, 0.25) is 0 Å². The van der Waals surface area contributed by atoms with Crippen molar-refractivity contribution in [2.75, 3.05) is 13.1 Å². The average molecular weight is 220 g/mol. The van der Waals surface area contributed by atoms with Crippen LogP contribution in [0.3, 0.4) is 0 Å². The predicted octanol–water partition coefficient (Wildman–Crippen LogP) is 0.280. The fourth-order valence-electron chi connectivity index (χ4n) is 1.94. The van der Waals surface area contributed by atoms with Crippen LogP contribution in [0, 0.1) is 0 Å². The molecule has 1 unspecified atom stereocenters. The van der Waals surface area contributed by atoms with Crippen molar-refractivity contribution >= 4 is 5.91 Å². The molecule has 1 aliphatic heterocycles. The zero-order valence-electron chi connectivity index (χ0n) is 9.04. The first-order valence-corrected chi connectivity index (χ1v) is 5.46. The molecule has 3 N–H and O–H groups in total. The number of aliphatic hydroxyl groups is 1. The highest BCUT2D eigenvalue weighted by molar-refractivity contribution is 5.83. The molecule has 1 amide bonds. The van der Waals surface area contributed by atoms with E-state index in [1.54, 1.807) is 4.90 Å². The molecule has 2 rings (SSSR count). The van der Waals surface area contributed by atoms with E-state index >= 15 is 0 Å². The minimum Gasteiger partial charge on any atom is -0.391 e. The van der Waals surface area contributed by atoms with Gasteiger partial charge in [-0.05, 0) is 12.0 Å². The smallest absolute Gasteiger partial charge is 0.244 e. The Bertz CT molecular complexity index is 367. The molecule has 2 atom stereocenters. The maximum absolute atomic E-state index is 12.0. The van der Waals surface area contributed by atoms with Crippen LogP contribution >= 0.6 is 0 Å². The fraction of sp³-hybridized carbons (Fsp3) is 0.417. The van der Waals surface area contributed by atoms with Crippen LogP contribution in [0.5, 0.6) is 0 Å². The molecular weight excluding hydrogens is 204 g/mol. The fourth-order valence-corrected chi connectivity index (χ4v) is 1.94. The molecule has 0 aliphatic carbocycles. The number of aliphatic hydroxyl groups excluding tert-OH is 1. The highest BCUT2D eigenvalue weighted by Gasteiger charge is 2.28. The van der Waals surface area contributed by atoms with Gasteiger partial charge in [-0.3, -0.25) is 4.79 Å². The van der Waals surface area contributed by atoms with Crippen molar-refractivity contribution in [2.45, 2.75) is 18.6 Å². The minimum atomic E-state index is -0.619. The highest BCUT2D eigenvalue weighted by atomic mass is 16.3. The normalized spacial score (nSPS) is 22.1. The average Bonchev–Trinajstić information content (AvgIpc) is 2.75. The van der Waals surface area contributed by atoms with Crippen molar-refractivity contribution in [3.05, 3.63) is 35.9 Å². The highest BCUT2D eigenvalue weighted by Crippen LogP contribution is 2.17. The molecule has 0 radical (unpaired) electrons. The Hall–Kier alpha value is -1.39. The second-order valence-corrected chi connectivity index (χ2v) is 4.12.